The van der Waals surface area contributed by atoms with Gasteiger partial charge in [0.05, 0.1) is 5.92 Å². The number of halogens is 1. The Morgan fingerprint density at radius 1 is 1.21 bits per heavy atom. The number of benzene rings is 2. The first-order valence-electron chi connectivity index (χ1n) is 9.83. The van der Waals surface area contributed by atoms with E-state index >= 15 is 0 Å². The largest absolute Gasteiger partial charge is 0.481 e. The Bertz CT molecular complexity index is 854. The van der Waals surface area contributed by atoms with Gasteiger partial charge in [0, 0.05) is 24.2 Å². The van der Waals surface area contributed by atoms with Gasteiger partial charge in [-0.05, 0) is 44.9 Å². The quantitative estimate of drug-likeness (QED) is 0.415. The fourth-order valence-corrected chi connectivity index (χ4v) is 3.63. The monoisotopic (exact) mass is 416 g/mol. The van der Waals surface area contributed by atoms with E-state index in [0.717, 1.165) is 41.8 Å². The summed E-state index contributed by atoms with van der Waals surface area (Å²) in [5.74, 6) is -0.975. The molecule has 1 aliphatic rings. The van der Waals surface area contributed by atoms with Gasteiger partial charge in [0.25, 0.3) is 0 Å². The summed E-state index contributed by atoms with van der Waals surface area (Å²) in [6.45, 7) is 6.76. The molecule has 0 amide bonds. The first-order valence-corrected chi connectivity index (χ1v) is 9.83. The average molecular weight is 417 g/mol. The molecule has 156 valence electrons. The molecule has 1 aliphatic heterocycles. The second-order valence-electron chi connectivity index (χ2n) is 7.44. The second-order valence-corrected chi connectivity index (χ2v) is 7.44. The summed E-state index contributed by atoms with van der Waals surface area (Å²) in [5.41, 5.74) is 5.22. The van der Waals surface area contributed by atoms with Crippen LogP contribution in [0.1, 0.15) is 35.1 Å². The van der Waals surface area contributed by atoms with Crippen molar-refractivity contribution in [1.82, 2.24) is 4.90 Å². The molecule has 2 aromatic rings. The zero-order chi connectivity index (χ0) is 19.9. The maximum atomic E-state index is 11.2. The van der Waals surface area contributed by atoms with Gasteiger partial charge >= 0.3 is 5.97 Å². The van der Waals surface area contributed by atoms with Gasteiger partial charge in [-0.2, -0.15) is 0 Å². The van der Waals surface area contributed by atoms with Crippen LogP contribution in [0, 0.1) is 19.8 Å². The van der Waals surface area contributed by atoms with Crippen molar-refractivity contribution >= 4 is 24.1 Å². The van der Waals surface area contributed by atoms with E-state index < -0.39 is 5.97 Å². The first-order chi connectivity index (χ1) is 13.5. The summed E-state index contributed by atoms with van der Waals surface area (Å²) in [6.07, 6.45) is 1.67. The standard InChI is InChI=1S/C23H28N2O3.ClH/c1-17-7-5-9-19(15-17)22(21-11-4-3-8-18(21)2)24-28-14-13-25-12-6-10-20(16-25)23(26)27;/h3-5,7-9,11,15,20H,6,10,12-14,16H2,1-2H3,(H,26,27);1H/b24-22-;. The molecule has 1 atom stereocenters. The molecule has 1 fully saturated rings. The normalized spacial score (nSPS) is 17.4. The number of piperidine rings is 1. The van der Waals surface area contributed by atoms with Crippen LogP contribution in [0.5, 0.6) is 0 Å². The highest BCUT2D eigenvalue weighted by Crippen LogP contribution is 2.18. The lowest BCUT2D eigenvalue weighted by atomic mass is 9.97. The number of hydrogen-bond acceptors (Lipinski definition) is 4. The predicted molar refractivity (Wildman–Crippen MR) is 118 cm³/mol. The Morgan fingerprint density at radius 2 is 2.00 bits per heavy atom. The highest BCUT2D eigenvalue weighted by Gasteiger charge is 2.25. The number of likely N-dealkylation sites (tertiary alicyclic amines) is 1. The van der Waals surface area contributed by atoms with Crippen molar-refractivity contribution in [2.45, 2.75) is 26.7 Å². The van der Waals surface area contributed by atoms with Crippen molar-refractivity contribution in [3.05, 3.63) is 70.8 Å². The van der Waals surface area contributed by atoms with Crippen molar-refractivity contribution in [1.29, 1.82) is 0 Å². The summed E-state index contributed by atoms with van der Waals surface area (Å²) >= 11 is 0. The lowest BCUT2D eigenvalue weighted by Crippen LogP contribution is -2.40. The molecule has 1 N–H and O–H groups in total. The van der Waals surface area contributed by atoms with Gasteiger partial charge in [0.1, 0.15) is 12.3 Å². The molecule has 0 aromatic heterocycles. The number of carboxylic acid groups (broad SMARTS) is 1. The number of carboxylic acids is 1. The number of oxime groups is 1. The summed E-state index contributed by atoms with van der Waals surface area (Å²) in [6, 6.07) is 16.4. The fourth-order valence-electron chi connectivity index (χ4n) is 3.63. The van der Waals surface area contributed by atoms with Crippen LogP contribution in [0.3, 0.4) is 0 Å². The first kappa shape index (κ1) is 22.9. The van der Waals surface area contributed by atoms with Gasteiger partial charge in [-0.3, -0.25) is 9.69 Å². The van der Waals surface area contributed by atoms with Crippen LogP contribution in [0.25, 0.3) is 0 Å². The Labute approximate surface area is 178 Å². The van der Waals surface area contributed by atoms with Crippen molar-refractivity contribution in [3.8, 4) is 0 Å². The van der Waals surface area contributed by atoms with E-state index in [1.54, 1.807) is 0 Å². The van der Waals surface area contributed by atoms with Crippen LogP contribution in [0.15, 0.2) is 53.7 Å². The van der Waals surface area contributed by atoms with E-state index in [2.05, 4.69) is 48.2 Å². The SMILES string of the molecule is Cc1cccc(/C(=N/OCCN2CCCC(C(=O)O)C2)c2ccccc2C)c1.Cl. The van der Waals surface area contributed by atoms with E-state index in [-0.39, 0.29) is 18.3 Å². The van der Waals surface area contributed by atoms with Gasteiger partial charge < -0.3 is 9.94 Å². The highest BCUT2D eigenvalue weighted by molar-refractivity contribution is 6.13. The summed E-state index contributed by atoms with van der Waals surface area (Å²) in [7, 11) is 0. The average Bonchev–Trinajstić information content (AvgIpc) is 2.69. The molecule has 1 saturated heterocycles. The summed E-state index contributed by atoms with van der Waals surface area (Å²) in [5, 5.41) is 13.7. The molecule has 1 unspecified atom stereocenters. The maximum Gasteiger partial charge on any atom is 0.307 e. The van der Waals surface area contributed by atoms with Crippen LogP contribution in [-0.4, -0.2) is 47.9 Å². The van der Waals surface area contributed by atoms with E-state index in [0.29, 0.717) is 19.7 Å². The van der Waals surface area contributed by atoms with E-state index in [1.165, 1.54) is 5.56 Å². The molecule has 6 heteroatoms. The van der Waals surface area contributed by atoms with Crippen LogP contribution in [0.2, 0.25) is 0 Å². The molecular weight excluding hydrogens is 388 g/mol. The Kier molecular flexibility index (Phi) is 8.68. The van der Waals surface area contributed by atoms with Crippen molar-refractivity contribution in [2.24, 2.45) is 11.1 Å². The number of rotatable bonds is 7. The zero-order valence-electron chi connectivity index (χ0n) is 17.0. The van der Waals surface area contributed by atoms with Gasteiger partial charge in [-0.25, -0.2) is 0 Å². The van der Waals surface area contributed by atoms with E-state index in [9.17, 15) is 9.90 Å². The van der Waals surface area contributed by atoms with Crippen molar-refractivity contribution in [3.63, 3.8) is 0 Å². The third-order valence-electron chi connectivity index (χ3n) is 5.20. The lowest BCUT2D eigenvalue weighted by Gasteiger charge is -2.30. The van der Waals surface area contributed by atoms with E-state index in [1.807, 2.05) is 24.3 Å². The Morgan fingerprint density at radius 3 is 2.72 bits per heavy atom. The van der Waals surface area contributed by atoms with Crippen LogP contribution >= 0.6 is 12.4 Å². The highest BCUT2D eigenvalue weighted by atomic mass is 35.5. The second kappa shape index (κ2) is 11.0. The van der Waals surface area contributed by atoms with Crippen molar-refractivity contribution in [2.75, 3.05) is 26.2 Å². The van der Waals surface area contributed by atoms with Gasteiger partial charge in [-0.15, -0.1) is 12.4 Å². The van der Waals surface area contributed by atoms with Gasteiger partial charge in [0.15, 0.2) is 0 Å². The maximum absolute atomic E-state index is 11.2. The van der Waals surface area contributed by atoms with Crippen molar-refractivity contribution < 1.29 is 14.7 Å². The molecule has 29 heavy (non-hydrogen) atoms. The number of aliphatic carboxylic acids is 1. The minimum atomic E-state index is -0.704. The fraction of sp³-hybridized carbons (Fsp3) is 0.391. The molecule has 5 nitrogen and oxygen atoms in total. The summed E-state index contributed by atoms with van der Waals surface area (Å²) < 4.78 is 0. The lowest BCUT2D eigenvalue weighted by molar-refractivity contribution is -0.143. The molecule has 0 spiro atoms. The topological polar surface area (TPSA) is 62.1 Å². The minimum absolute atomic E-state index is 0. The van der Waals surface area contributed by atoms with Crippen LogP contribution < -0.4 is 0 Å². The molecule has 0 radical (unpaired) electrons. The van der Waals surface area contributed by atoms with Crippen LogP contribution in [-0.2, 0) is 9.63 Å². The molecular formula is C23H29ClN2O3. The van der Waals surface area contributed by atoms with Gasteiger partial charge in [0.2, 0.25) is 0 Å². The molecule has 0 saturated carbocycles. The smallest absolute Gasteiger partial charge is 0.307 e. The molecule has 3 rings (SSSR count). The number of carbonyl (C=O) groups is 1. The molecule has 0 bridgehead atoms. The third kappa shape index (κ3) is 6.31. The molecule has 0 aliphatic carbocycles. The predicted octanol–water partition coefficient (Wildman–Crippen LogP) is 4.29. The minimum Gasteiger partial charge on any atom is -0.481 e. The van der Waals surface area contributed by atoms with Crippen LogP contribution in [0.4, 0.5) is 0 Å². The number of nitrogens with zero attached hydrogens (tertiary/aromatic N) is 2. The summed E-state index contributed by atoms with van der Waals surface area (Å²) in [4.78, 5) is 19.1. The zero-order valence-corrected chi connectivity index (χ0v) is 17.8. The van der Waals surface area contributed by atoms with E-state index in [4.69, 9.17) is 4.84 Å². The third-order valence-corrected chi connectivity index (χ3v) is 5.20. The Hall–Kier alpha value is -2.37. The number of hydrogen-bond donors (Lipinski definition) is 1. The molecule has 1 heterocycles. The Balaban J connectivity index is 0.00000300. The molecule has 2 aromatic carbocycles. The van der Waals surface area contributed by atoms with Gasteiger partial charge in [-0.1, -0.05) is 53.2 Å². The number of aryl methyl sites for hydroxylation is 2.